The molecule has 1 saturated heterocycles. The zero-order valence-electron chi connectivity index (χ0n) is 9.60. The molecule has 2 fully saturated rings. The van der Waals surface area contributed by atoms with Gasteiger partial charge < -0.3 is 14.7 Å². The van der Waals surface area contributed by atoms with Crippen molar-refractivity contribution in [2.24, 2.45) is 11.8 Å². The molecule has 0 aromatic carbocycles. The van der Waals surface area contributed by atoms with E-state index >= 15 is 0 Å². The van der Waals surface area contributed by atoms with Crippen molar-refractivity contribution >= 4 is 11.9 Å². The molecular weight excluding hydrogens is 210 g/mol. The zero-order valence-corrected chi connectivity index (χ0v) is 9.60. The molecule has 0 radical (unpaired) electrons. The normalized spacial score (nSPS) is 30.8. The van der Waals surface area contributed by atoms with Gasteiger partial charge in [0.05, 0.1) is 13.1 Å². The molecule has 1 saturated carbocycles. The molecule has 0 bridgehead atoms. The average Bonchev–Trinajstić information content (AvgIpc) is 2.87. The lowest BCUT2D eigenvalue weighted by Gasteiger charge is -2.47. The molecule has 1 heterocycles. The molecule has 0 spiro atoms. The van der Waals surface area contributed by atoms with Crippen molar-refractivity contribution in [2.75, 3.05) is 19.7 Å². The van der Waals surface area contributed by atoms with Gasteiger partial charge in [-0.1, -0.05) is 6.92 Å². The highest BCUT2D eigenvalue weighted by atomic mass is 16.5. The van der Waals surface area contributed by atoms with E-state index in [1.165, 1.54) is 0 Å². The lowest BCUT2D eigenvalue weighted by Crippen LogP contribution is -2.63. The predicted molar refractivity (Wildman–Crippen MR) is 55.8 cm³/mol. The average molecular weight is 227 g/mol. The number of hydrogen-bond donors (Lipinski definition) is 1. The minimum atomic E-state index is -0.971. The summed E-state index contributed by atoms with van der Waals surface area (Å²) in [6.07, 6.45) is 0.988. The van der Waals surface area contributed by atoms with Crippen molar-refractivity contribution in [3.8, 4) is 0 Å². The van der Waals surface area contributed by atoms with Crippen LogP contribution < -0.4 is 0 Å². The van der Waals surface area contributed by atoms with Crippen LogP contribution in [-0.4, -0.2) is 47.2 Å². The Hall–Kier alpha value is -1.10. The van der Waals surface area contributed by atoms with Gasteiger partial charge in [0.25, 0.3) is 0 Å². The molecule has 0 aromatic heterocycles. The number of carboxylic acids is 1. The Labute approximate surface area is 94.4 Å². The highest BCUT2D eigenvalue weighted by molar-refractivity contribution is 5.82. The lowest BCUT2D eigenvalue weighted by atomic mass is 9.95. The first-order chi connectivity index (χ1) is 7.41. The summed E-state index contributed by atoms with van der Waals surface area (Å²) in [4.78, 5) is 23.9. The van der Waals surface area contributed by atoms with Crippen LogP contribution in [0.3, 0.4) is 0 Å². The minimum Gasteiger partial charge on any atom is -0.480 e. The first-order valence-electron chi connectivity index (χ1n) is 5.56. The molecule has 1 N–H and O–H groups in total. The molecule has 1 aliphatic carbocycles. The predicted octanol–water partition coefficient (Wildman–Crippen LogP) is 0.344. The van der Waals surface area contributed by atoms with Crippen LogP contribution in [-0.2, 0) is 14.3 Å². The number of rotatable bonds is 4. The smallest absolute Gasteiger partial charge is 0.329 e. The third kappa shape index (κ3) is 2.19. The number of carbonyl (C=O) groups is 2. The monoisotopic (exact) mass is 227 g/mol. The number of carboxylic acid groups (broad SMARTS) is 1. The van der Waals surface area contributed by atoms with E-state index < -0.39 is 11.6 Å². The van der Waals surface area contributed by atoms with E-state index in [0.29, 0.717) is 19.0 Å². The van der Waals surface area contributed by atoms with E-state index in [9.17, 15) is 9.59 Å². The first kappa shape index (κ1) is 11.4. The van der Waals surface area contributed by atoms with Crippen molar-refractivity contribution < 1.29 is 19.4 Å². The summed E-state index contributed by atoms with van der Waals surface area (Å²) in [6.45, 7) is 4.65. The summed E-state index contributed by atoms with van der Waals surface area (Å²) in [7, 11) is 0. The molecule has 1 amide bonds. The molecule has 2 aliphatic rings. The molecule has 16 heavy (non-hydrogen) atoms. The van der Waals surface area contributed by atoms with Gasteiger partial charge in [0.15, 0.2) is 0 Å². The summed E-state index contributed by atoms with van der Waals surface area (Å²) >= 11 is 0. The van der Waals surface area contributed by atoms with E-state index in [1.54, 1.807) is 4.90 Å². The summed E-state index contributed by atoms with van der Waals surface area (Å²) in [5.74, 6) is -0.0611. The second-order valence-corrected chi connectivity index (χ2v) is 5.15. The maximum absolute atomic E-state index is 11.8. The van der Waals surface area contributed by atoms with Crippen LogP contribution >= 0.6 is 0 Å². The van der Waals surface area contributed by atoms with E-state index in [4.69, 9.17) is 9.84 Å². The Bertz CT molecular complexity index is 322. The number of hydrogen-bond acceptors (Lipinski definition) is 3. The minimum absolute atomic E-state index is 0.198. The molecular formula is C11H17NO4. The fourth-order valence-corrected chi connectivity index (χ4v) is 2.14. The summed E-state index contributed by atoms with van der Waals surface area (Å²) in [6, 6.07) is 0. The second kappa shape index (κ2) is 3.73. The highest BCUT2D eigenvalue weighted by Gasteiger charge is 2.49. The van der Waals surface area contributed by atoms with Crippen molar-refractivity contribution in [3.05, 3.63) is 0 Å². The van der Waals surface area contributed by atoms with Crippen LogP contribution in [0, 0.1) is 11.8 Å². The van der Waals surface area contributed by atoms with Crippen LogP contribution in [0.15, 0.2) is 0 Å². The van der Waals surface area contributed by atoms with Crippen LogP contribution in [0.5, 0.6) is 0 Å². The fraction of sp³-hybridized carbons (Fsp3) is 0.818. The van der Waals surface area contributed by atoms with Crippen LogP contribution in [0.1, 0.15) is 20.3 Å². The van der Waals surface area contributed by atoms with E-state index in [0.717, 1.165) is 6.42 Å². The topological polar surface area (TPSA) is 66.8 Å². The first-order valence-corrected chi connectivity index (χ1v) is 5.56. The van der Waals surface area contributed by atoms with Crippen molar-refractivity contribution in [2.45, 2.75) is 25.9 Å². The number of aliphatic carboxylic acids is 1. The number of carbonyl (C=O) groups excluding carboxylic acids is 1. The Kier molecular flexibility index (Phi) is 2.66. The van der Waals surface area contributed by atoms with Crippen molar-refractivity contribution in [1.82, 2.24) is 4.90 Å². The van der Waals surface area contributed by atoms with Crippen LogP contribution in [0.25, 0.3) is 0 Å². The van der Waals surface area contributed by atoms with Crippen LogP contribution in [0.2, 0.25) is 0 Å². The number of likely N-dealkylation sites (tertiary alicyclic amines) is 1. The van der Waals surface area contributed by atoms with E-state index in [2.05, 4.69) is 6.92 Å². The molecule has 0 aromatic rings. The van der Waals surface area contributed by atoms with E-state index in [1.807, 2.05) is 6.92 Å². The molecule has 90 valence electrons. The maximum Gasteiger partial charge on any atom is 0.329 e. The Morgan fingerprint density at radius 3 is 2.50 bits per heavy atom. The Morgan fingerprint density at radius 2 is 2.06 bits per heavy atom. The number of amides is 1. The van der Waals surface area contributed by atoms with Gasteiger partial charge in [-0.15, -0.1) is 0 Å². The van der Waals surface area contributed by atoms with Crippen molar-refractivity contribution in [3.63, 3.8) is 0 Å². The molecule has 2 rings (SSSR count). The van der Waals surface area contributed by atoms with Crippen LogP contribution in [0.4, 0.5) is 0 Å². The lowest BCUT2D eigenvalue weighted by molar-refractivity contribution is -0.174. The molecule has 2 unspecified atom stereocenters. The zero-order chi connectivity index (χ0) is 11.9. The maximum atomic E-state index is 11.8. The fourth-order valence-electron chi connectivity index (χ4n) is 2.14. The molecule has 5 heteroatoms. The second-order valence-electron chi connectivity index (χ2n) is 5.15. The quantitative estimate of drug-likeness (QED) is 0.752. The van der Waals surface area contributed by atoms with Gasteiger partial charge in [0.1, 0.15) is 12.2 Å². The SMILES string of the molecule is CC1CC1C(=O)N1CC(C)(OCC(=O)O)C1. The highest BCUT2D eigenvalue weighted by Crippen LogP contribution is 2.41. The van der Waals surface area contributed by atoms with Gasteiger partial charge in [-0.05, 0) is 19.3 Å². The summed E-state index contributed by atoms with van der Waals surface area (Å²) in [5, 5.41) is 8.50. The van der Waals surface area contributed by atoms with Gasteiger partial charge in [0, 0.05) is 5.92 Å². The van der Waals surface area contributed by atoms with Gasteiger partial charge >= 0.3 is 5.97 Å². The number of nitrogens with zero attached hydrogens (tertiary/aromatic N) is 1. The Balaban J connectivity index is 1.75. The third-order valence-corrected chi connectivity index (χ3v) is 3.33. The Morgan fingerprint density at radius 1 is 1.50 bits per heavy atom. The van der Waals surface area contributed by atoms with Gasteiger partial charge in [-0.25, -0.2) is 4.79 Å². The van der Waals surface area contributed by atoms with Gasteiger partial charge in [-0.2, -0.15) is 0 Å². The van der Waals surface area contributed by atoms with Gasteiger partial charge in [-0.3, -0.25) is 4.79 Å². The summed E-state index contributed by atoms with van der Waals surface area (Å²) < 4.78 is 5.24. The number of ether oxygens (including phenoxy) is 1. The van der Waals surface area contributed by atoms with E-state index in [-0.39, 0.29) is 18.4 Å². The largest absolute Gasteiger partial charge is 0.480 e. The standard InChI is InChI=1S/C11H17NO4/c1-7-3-8(7)10(15)12-5-11(2,6-12)16-4-9(13)14/h7-8H,3-6H2,1-2H3,(H,13,14). The van der Waals surface area contributed by atoms with Crippen molar-refractivity contribution in [1.29, 1.82) is 0 Å². The molecule has 5 nitrogen and oxygen atoms in total. The third-order valence-electron chi connectivity index (χ3n) is 3.33. The summed E-state index contributed by atoms with van der Waals surface area (Å²) in [5.41, 5.74) is -0.466. The molecule has 2 atom stereocenters. The molecule has 1 aliphatic heterocycles. The van der Waals surface area contributed by atoms with Gasteiger partial charge in [0.2, 0.25) is 5.91 Å².